The molecule has 0 N–H and O–H groups in total. The Morgan fingerprint density at radius 1 is 1.15 bits per heavy atom. The van der Waals surface area contributed by atoms with Crippen LogP contribution in [0.4, 0.5) is 18.9 Å². The molecule has 2 aromatic rings. The van der Waals surface area contributed by atoms with Gasteiger partial charge >= 0.3 is 6.18 Å². The largest absolute Gasteiger partial charge is 0.416 e. The Bertz CT molecular complexity index is 894. The lowest BCUT2D eigenvalue weighted by Gasteiger charge is -2.14. The average Bonchev–Trinajstić information content (AvgIpc) is 2.58. The summed E-state index contributed by atoms with van der Waals surface area (Å²) in [7, 11) is 0. The molecular weight excluding hydrogens is 387 g/mol. The summed E-state index contributed by atoms with van der Waals surface area (Å²) < 4.78 is 38.4. The van der Waals surface area contributed by atoms with Crippen LogP contribution in [0.2, 0.25) is 5.02 Å². The summed E-state index contributed by atoms with van der Waals surface area (Å²) in [5, 5.41) is 11.6. The second kappa shape index (κ2) is 7.87. The lowest BCUT2D eigenvalue weighted by Crippen LogP contribution is -2.25. The number of nitrogens with zero attached hydrogens (tertiary/aromatic N) is 1. The highest BCUT2D eigenvalue weighted by Gasteiger charge is 2.34. The number of halogens is 4. The SMILES string of the molecule is CC(=O)C(Cc1ccc(C(F)(F)F)cc1[N+](=O)[O-])C(=O)c1ccc(Cl)cc1. The smallest absolute Gasteiger partial charge is 0.299 e. The Hall–Kier alpha value is -2.74. The highest BCUT2D eigenvalue weighted by Crippen LogP contribution is 2.34. The minimum Gasteiger partial charge on any atom is -0.299 e. The molecule has 0 heterocycles. The number of benzene rings is 2. The van der Waals surface area contributed by atoms with Crippen molar-refractivity contribution in [2.75, 3.05) is 0 Å². The van der Waals surface area contributed by atoms with E-state index in [1.165, 1.54) is 24.3 Å². The third-order valence-electron chi connectivity index (χ3n) is 3.97. The monoisotopic (exact) mass is 399 g/mol. The molecular formula is C18H13ClF3NO4. The maximum atomic E-state index is 12.8. The normalized spacial score (nSPS) is 12.5. The zero-order valence-electron chi connectivity index (χ0n) is 13.9. The zero-order valence-corrected chi connectivity index (χ0v) is 14.7. The fourth-order valence-electron chi connectivity index (χ4n) is 2.54. The Morgan fingerprint density at radius 3 is 2.22 bits per heavy atom. The van der Waals surface area contributed by atoms with Gasteiger partial charge in [-0.05, 0) is 43.7 Å². The number of ketones is 2. The summed E-state index contributed by atoms with van der Waals surface area (Å²) in [4.78, 5) is 34.8. The van der Waals surface area contributed by atoms with Gasteiger partial charge in [0, 0.05) is 22.2 Å². The van der Waals surface area contributed by atoms with Crippen LogP contribution in [0.1, 0.15) is 28.4 Å². The maximum absolute atomic E-state index is 12.8. The van der Waals surface area contributed by atoms with Crippen LogP contribution in [0.15, 0.2) is 42.5 Å². The van der Waals surface area contributed by atoms with E-state index in [4.69, 9.17) is 11.6 Å². The van der Waals surface area contributed by atoms with E-state index in [9.17, 15) is 32.9 Å². The molecule has 27 heavy (non-hydrogen) atoms. The van der Waals surface area contributed by atoms with Crippen molar-refractivity contribution >= 4 is 28.9 Å². The standard InChI is InChI=1S/C18H13ClF3NO4/c1-10(24)15(17(25)11-3-6-14(19)7-4-11)8-12-2-5-13(18(20,21)22)9-16(12)23(26)27/h2-7,9,15H,8H2,1H3. The minimum atomic E-state index is -4.75. The van der Waals surface area contributed by atoms with Crippen molar-refractivity contribution in [2.24, 2.45) is 5.92 Å². The summed E-state index contributed by atoms with van der Waals surface area (Å²) in [5.74, 6) is -2.40. The Kier molecular flexibility index (Phi) is 6.00. The van der Waals surface area contributed by atoms with Crippen LogP contribution < -0.4 is 0 Å². The molecule has 2 rings (SSSR count). The maximum Gasteiger partial charge on any atom is 0.416 e. The minimum absolute atomic E-state index is 0.129. The fraction of sp³-hybridized carbons (Fsp3) is 0.222. The lowest BCUT2D eigenvalue weighted by molar-refractivity contribution is -0.385. The van der Waals surface area contributed by atoms with E-state index in [2.05, 4.69) is 0 Å². The Balaban J connectivity index is 2.41. The van der Waals surface area contributed by atoms with Gasteiger partial charge in [0.25, 0.3) is 5.69 Å². The van der Waals surface area contributed by atoms with Crippen LogP contribution >= 0.6 is 11.6 Å². The molecule has 0 spiro atoms. The first-order valence-electron chi connectivity index (χ1n) is 7.65. The van der Waals surface area contributed by atoms with Crippen LogP contribution in [0.3, 0.4) is 0 Å². The quantitative estimate of drug-likeness (QED) is 0.299. The van der Waals surface area contributed by atoms with Crippen molar-refractivity contribution in [2.45, 2.75) is 19.5 Å². The molecule has 1 atom stereocenters. The summed E-state index contributed by atoms with van der Waals surface area (Å²) in [6.07, 6.45) is -5.13. The van der Waals surface area contributed by atoms with Gasteiger partial charge in [0.05, 0.1) is 16.4 Å². The van der Waals surface area contributed by atoms with Gasteiger partial charge in [-0.15, -0.1) is 0 Å². The van der Waals surface area contributed by atoms with E-state index in [0.29, 0.717) is 17.2 Å². The highest BCUT2D eigenvalue weighted by atomic mass is 35.5. The number of nitro groups is 1. The summed E-state index contributed by atoms with van der Waals surface area (Å²) in [5.41, 5.74) is -1.92. The topological polar surface area (TPSA) is 77.3 Å². The molecule has 9 heteroatoms. The molecule has 0 saturated heterocycles. The predicted molar refractivity (Wildman–Crippen MR) is 91.8 cm³/mol. The van der Waals surface area contributed by atoms with Gasteiger partial charge in [-0.2, -0.15) is 13.2 Å². The van der Waals surface area contributed by atoms with Crippen LogP contribution in [0.5, 0.6) is 0 Å². The summed E-state index contributed by atoms with van der Waals surface area (Å²) in [6, 6.07) is 7.72. The molecule has 0 fully saturated rings. The van der Waals surface area contributed by atoms with Gasteiger partial charge in [-0.3, -0.25) is 19.7 Å². The molecule has 1 unspecified atom stereocenters. The van der Waals surface area contributed by atoms with Gasteiger partial charge in [0.1, 0.15) is 5.78 Å². The van der Waals surface area contributed by atoms with Crippen molar-refractivity contribution in [3.63, 3.8) is 0 Å². The van der Waals surface area contributed by atoms with Crippen molar-refractivity contribution in [1.82, 2.24) is 0 Å². The number of hydrogen-bond acceptors (Lipinski definition) is 4. The molecule has 142 valence electrons. The lowest BCUT2D eigenvalue weighted by atomic mass is 9.87. The number of rotatable bonds is 6. The molecule has 0 saturated carbocycles. The van der Waals surface area contributed by atoms with Gasteiger partial charge < -0.3 is 0 Å². The second-order valence-electron chi connectivity index (χ2n) is 5.84. The molecule has 0 radical (unpaired) electrons. The molecule has 2 aromatic carbocycles. The molecule has 0 amide bonds. The van der Waals surface area contributed by atoms with Crippen molar-refractivity contribution in [3.05, 3.63) is 74.3 Å². The van der Waals surface area contributed by atoms with E-state index in [1.54, 1.807) is 0 Å². The Morgan fingerprint density at radius 2 is 1.74 bits per heavy atom. The number of hydrogen-bond donors (Lipinski definition) is 0. The fourth-order valence-corrected chi connectivity index (χ4v) is 2.67. The van der Waals surface area contributed by atoms with Gasteiger partial charge in [-0.1, -0.05) is 17.7 Å². The van der Waals surface area contributed by atoms with Crippen LogP contribution in [0, 0.1) is 16.0 Å². The van der Waals surface area contributed by atoms with Gasteiger partial charge in [0.2, 0.25) is 0 Å². The molecule has 0 aromatic heterocycles. The van der Waals surface area contributed by atoms with Crippen LogP contribution in [-0.4, -0.2) is 16.5 Å². The van der Waals surface area contributed by atoms with Crippen LogP contribution in [-0.2, 0) is 17.4 Å². The average molecular weight is 400 g/mol. The van der Waals surface area contributed by atoms with Crippen molar-refractivity contribution < 1.29 is 27.7 Å². The number of alkyl halides is 3. The summed E-state index contributed by atoms with van der Waals surface area (Å²) in [6.45, 7) is 1.15. The van der Waals surface area contributed by atoms with Crippen LogP contribution in [0.25, 0.3) is 0 Å². The number of carbonyl (C=O) groups is 2. The first-order chi connectivity index (χ1) is 12.5. The first kappa shape index (κ1) is 20.6. The molecule has 0 aliphatic heterocycles. The molecule has 0 aliphatic rings. The van der Waals surface area contributed by atoms with Crippen molar-refractivity contribution in [1.29, 1.82) is 0 Å². The third kappa shape index (κ3) is 4.91. The third-order valence-corrected chi connectivity index (χ3v) is 4.22. The second-order valence-corrected chi connectivity index (χ2v) is 6.27. The Labute approximate surface area is 156 Å². The predicted octanol–water partition coefficient (Wildman–Crippen LogP) is 4.90. The number of nitro benzene ring substituents is 1. The van der Waals surface area contributed by atoms with E-state index in [1.807, 2.05) is 0 Å². The number of carbonyl (C=O) groups excluding carboxylic acids is 2. The van der Waals surface area contributed by atoms with Crippen molar-refractivity contribution in [3.8, 4) is 0 Å². The summed E-state index contributed by atoms with van der Waals surface area (Å²) >= 11 is 5.75. The molecule has 0 bridgehead atoms. The zero-order chi connectivity index (χ0) is 20.4. The van der Waals surface area contributed by atoms with E-state index < -0.39 is 39.8 Å². The molecule has 0 aliphatic carbocycles. The molecule has 5 nitrogen and oxygen atoms in total. The number of Topliss-reactive ketones (excluding diaryl/α,β-unsaturated/α-hetero) is 2. The highest BCUT2D eigenvalue weighted by molar-refractivity contribution is 6.30. The van der Waals surface area contributed by atoms with E-state index >= 15 is 0 Å². The first-order valence-corrected chi connectivity index (χ1v) is 8.03. The van der Waals surface area contributed by atoms with E-state index in [0.717, 1.165) is 13.0 Å². The van der Waals surface area contributed by atoms with Gasteiger partial charge in [0.15, 0.2) is 5.78 Å². The van der Waals surface area contributed by atoms with Gasteiger partial charge in [-0.25, -0.2) is 0 Å². The van der Waals surface area contributed by atoms with E-state index in [-0.39, 0.29) is 17.5 Å².